The van der Waals surface area contributed by atoms with Crippen molar-refractivity contribution >= 4 is 63.6 Å². The quantitative estimate of drug-likeness (QED) is 0.134. The van der Waals surface area contributed by atoms with E-state index in [2.05, 4.69) is 55.1 Å². The zero-order chi connectivity index (χ0) is 31.4. The highest BCUT2D eigenvalue weighted by Crippen LogP contribution is 2.29. The van der Waals surface area contributed by atoms with Crippen LogP contribution in [0.25, 0.3) is 33.5 Å². The van der Waals surface area contributed by atoms with Crippen LogP contribution in [0.5, 0.6) is 0 Å². The van der Waals surface area contributed by atoms with E-state index in [9.17, 15) is 0 Å². The summed E-state index contributed by atoms with van der Waals surface area (Å²) in [7, 11) is 0. The van der Waals surface area contributed by atoms with Crippen molar-refractivity contribution < 1.29 is 0 Å². The van der Waals surface area contributed by atoms with E-state index in [1.54, 1.807) is 6.07 Å². The summed E-state index contributed by atoms with van der Waals surface area (Å²) < 4.78 is 0. The van der Waals surface area contributed by atoms with Gasteiger partial charge < -0.3 is 21.8 Å². The smallest absolute Gasteiger partial charge is 0.222 e. The second kappa shape index (κ2) is 13.5. The van der Waals surface area contributed by atoms with Crippen molar-refractivity contribution in [2.45, 2.75) is 27.2 Å². The lowest BCUT2D eigenvalue weighted by Crippen LogP contribution is -2.09. The molecule has 0 saturated carbocycles. The highest BCUT2D eigenvalue weighted by Gasteiger charge is 2.10. The van der Waals surface area contributed by atoms with E-state index >= 15 is 0 Å². The molecule has 0 radical (unpaired) electrons. The fourth-order valence-electron chi connectivity index (χ4n) is 4.64. The van der Waals surface area contributed by atoms with E-state index < -0.39 is 0 Å². The molecule has 3 aromatic carbocycles. The van der Waals surface area contributed by atoms with Gasteiger partial charge in [-0.25, -0.2) is 19.9 Å². The number of nitrogens with one attached hydrogen (secondary N) is 2. The van der Waals surface area contributed by atoms with Gasteiger partial charge in [-0.15, -0.1) is 0 Å². The SMILES string of the molecule is Cc1c(Cl)cccc1-c1cc(Cl)nc(N)n1.Cc1cccc(-c2cc(NCCc3nc4ccc(Cl)cc4[nH]3)nc(N)n2)c1C. The van der Waals surface area contributed by atoms with Crippen molar-refractivity contribution in [1.82, 2.24) is 29.9 Å². The predicted octanol–water partition coefficient (Wildman–Crippen LogP) is 7.87. The van der Waals surface area contributed by atoms with E-state index in [4.69, 9.17) is 46.3 Å². The first-order valence-corrected chi connectivity index (χ1v) is 14.9. The Morgan fingerprint density at radius 3 is 2.16 bits per heavy atom. The van der Waals surface area contributed by atoms with E-state index in [-0.39, 0.29) is 11.9 Å². The first-order valence-electron chi connectivity index (χ1n) is 13.7. The average Bonchev–Trinajstić information content (AvgIpc) is 3.37. The zero-order valence-electron chi connectivity index (χ0n) is 24.3. The van der Waals surface area contributed by atoms with Gasteiger partial charge >= 0.3 is 0 Å². The summed E-state index contributed by atoms with van der Waals surface area (Å²) in [4.78, 5) is 24.5. The maximum absolute atomic E-state index is 6.04. The van der Waals surface area contributed by atoms with Crippen LogP contribution >= 0.6 is 34.8 Å². The van der Waals surface area contributed by atoms with Crippen LogP contribution in [-0.2, 0) is 6.42 Å². The largest absolute Gasteiger partial charge is 0.369 e. The molecule has 0 amide bonds. The molecule has 0 spiro atoms. The van der Waals surface area contributed by atoms with E-state index in [0.717, 1.165) is 45.7 Å². The Bertz CT molecular complexity index is 1940. The van der Waals surface area contributed by atoms with Crippen LogP contribution in [0.15, 0.2) is 66.7 Å². The fourth-order valence-corrected chi connectivity index (χ4v) is 5.18. The number of fused-ring (bicyclic) bond motifs is 1. The highest BCUT2D eigenvalue weighted by molar-refractivity contribution is 6.32. The number of nitrogen functional groups attached to an aromatic ring is 2. The molecule has 0 unspecified atom stereocenters. The Kier molecular flexibility index (Phi) is 9.49. The highest BCUT2D eigenvalue weighted by atomic mass is 35.5. The third kappa shape index (κ3) is 7.37. The average molecular weight is 647 g/mol. The summed E-state index contributed by atoms with van der Waals surface area (Å²) in [6.07, 6.45) is 0.717. The summed E-state index contributed by atoms with van der Waals surface area (Å²) in [5.41, 5.74) is 20.1. The van der Waals surface area contributed by atoms with Crippen LogP contribution in [0.1, 0.15) is 22.5 Å². The number of halogens is 3. The van der Waals surface area contributed by atoms with Gasteiger partial charge in [0.25, 0.3) is 0 Å². The summed E-state index contributed by atoms with van der Waals surface area (Å²) in [6.45, 7) is 6.76. The molecule has 224 valence electrons. The zero-order valence-corrected chi connectivity index (χ0v) is 26.6. The number of nitrogens with two attached hydrogens (primary N) is 2. The van der Waals surface area contributed by atoms with Gasteiger partial charge in [0.1, 0.15) is 16.8 Å². The van der Waals surface area contributed by atoms with Crippen LogP contribution in [0.2, 0.25) is 15.2 Å². The molecule has 0 bridgehead atoms. The number of hydrogen-bond donors (Lipinski definition) is 4. The number of hydrogen-bond acceptors (Lipinski definition) is 8. The number of nitrogens with zero attached hydrogens (tertiary/aromatic N) is 5. The van der Waals surface area contributed by atoms with E-state index in [1.807, 2.05) is 61.5 Å². The lowest BCUT2D eigenvalue weighted by Gasteiger charge is -2.11. The number of imidazole rings is 1. The van der Waals surface area contributed by atoms with Gasteiger partial charge in [-0.3, -0.25) is 0 Å². The lowest BCUT2D eigenvalue weighted by atomic mass is 10.0. The topological polar surface area (TPSA) is 144 Å². The molecule has 0 aliphatic rings. The third-order valence-corrected chi connectivity index (χ3v) is 7.88. The molecule has 6 rings (SSSR count). The van der Waals surface area contributed by atoms with Crippen molar-refractivity contribution in [3.8, 4) is 22.5 Å². The number of anilines is 3. The number of benzene rings is 3. The number of aryl methyl sites for hydroxylation is 1. The summed E-state index contributed by atoms with van der Waals surface area (Å²) in [5.74, 6) is 1.99. The number of H-pyrrole nitrogens is 1. The number of aromatic amines is 1. The van der Waals surface area contributed by atoms with Crippen LogP contribution in [0.3, 0.4) is 0 Å². The molecule has 0 atom stereocenters. The molecule has 6 aromatic rings. The lowest BCUT2D eigenvalue weighted by molar-refractivity contribution is 0.927. The van der Waals surface area contributed by atoms with Crippen molar-refractivity contribution in [1.29, 1.82) is 0 Å². The third-order valence-electron chi connectivity index (χ3n) is 7.04. The van der Waals surface area contributed by atoms with Gasteiger partial charge in [0.2, 0.25) is 11.9 Å². The minimum Gasteiger partial charge on any atom is -0.369 e. The molecule has 0 aliphatic carbocycles. The van der Waals surface area contributed by atoms with Gasteiger partial charge in [-0.2, -0.15) is 4.98 Å². The van der Waals surface area contributed by atoms with Crippen LogP contribution < -0.4 is 16.8 Å². The van der Waals surface area contributed by atoms with Crippen LogP contribution in [0.4, 0.5) is 17.7 Å². The molecule has 0 fully saturated rings. The van der Waals surface area contributed by atoms with Gasteiger partial charge in [-0.05, 0) is 61.7 Å². The van der Waals surface area contributed by atoms with Crippen LogP contribution in [0, 0.1) is 20.8 Å². The van der Waals surface area contributed by atoms with Gasteiger partial charge in [0, 0.05) is 46.3 Å². The van der Waals surface area contributed by atoms with Crippen LogP contribution in [-0.4, -0.2) is 36.4 Å². The Hall–Kier alpha value is -4.44. The van der Waals surface area contributed by atoms with Gasteiger partial charge in [0.05, 0.1) is 22.4 Å². The molecule has 3 heterocycles. The first kappa shape index (κ1) is 31.0. The number of rotatable bonds is 6. The molecule has 3 aromatic heterocycles. The molecular weight excluding hydrogens is 617 g/mol. The predicted molar refractivity (Wildman–Crippen MR) is 181 cm³/mol. The van der Waals surface area contributed by atoms with Crippen molar-refractivity contribution in [2.24, 2.45) is 0 Å². The molecule has 6 N–H and O–H groups in total. The van der Waals surface area contributed by atoms with Gasteiger partial charge in [0.15, 0.2) is 0 Å². The molecule has 44 heavy (non-hydrogen) atoms. The van der Waals surface area contributed by atoms with Crippen molar-refractivity contribution in [3.63, 3.8) is 0 Å². The number of aromatic nitrogens is 6. The minimum absolute atomic E-state index is 0.155. The molecule has 9 nitrogen and oxygen atoms in total. The summed E-state index contributed by atoms with van der Waals surface area (Å²) in [6, 6.07) is 21.0. The summed E-state index contributed by atoms with van der Waals surface area (Å²) in [5, 5.41) is 5.01. The van der Waals surface area contributed by atoms with Crippen molar-refractivity contribution in [2.75, 3.05) is 23.3 Å². The normalized spacial score (nSPS) is 10.9. The van der Waals surface area contributed by atoms with E-state index in [1.165, 1.54) is 11.1 Å². The standard InChI is InChI=1S/C21H21ClN6.C11H9Cl2N3/c1-12-4-3-5-15(13(12)2)17-11-20(28-21(23)27-17)24-9-8-19-25-16-7-6-14(22)10-18(16)26-19;1-6-7(3-2-4-8(6)12)9-5-10(13)16-11(14)15-9/h3-7,10-11H,8-9H2,1-2H3,(H,25,26)(H3,23,24,27,28);2-5H,1H3,(H2,14,15,16). The first-order chi connectivity index (χ1) is 21.1. The van der Waals surface area contributed by atoms with Crippen molar-refractivity contribution in [3.05, 3.63) is 104 Å². The second-order valence-corrected chi connectivity index (χ2v) is 11.3. The van der Waals surface area contributed by atoms with Gasteiger partial charge in [-0.1, -0.05) is 65.1 Å². The maximum Gasteiger partial charge on any atom is 0.222 e. The Balaban J connectivity index is 0.000000204. The summed E-state index contributed by atoms with van der Waals surface area (Å²) >= 11 is 17.9. The Morgan fingerprint density at radius 1 is 0.727 bits per heavy atom. The van der Waals surface area contributed by atoms with E-state index in [0.29, 0.717) is 33.3 Å². The molecule has 12 heteroatoms. The molecular formula is C32H30Cl3N9. The Labute approximate surface area is 270 Å². The maximum atomic E-state index is 6.04. The second-order valence-electron chi connectivity index (χ2n) is 10.1. The fraction of sp³-hybridized carbons (Fsp3) is 0.156. The monoisotopic (exact) mass is 645 g/mol. The molecule has 0 saturated heterocycles. The minimum atomic E-state index is 0.155. The molecule has 0 aliphatic heterocycles. The Morgan fingerprint density at radius 2 is 1.41 bits per heavy atom.